The van der Waals surface area contributed by atoms with Crippen molar-refractivity contribution in [3.05, 3.63) is 30.5 Å². The Balaban J connectivity index is 1.42. The van der Waals surface area contributed by atoms with Gasteiger partial charge in [0.15, 0.2) is 5.82 Å². The number of halogens is 3. The summed E-state index contributed by atoms with van der Waals surface area (Å²) >= 11 is 0. The highest BCUT2D eigenvalue weighted by Crippen LogP contribution is 2.59. The van der Waals surface area contributed by atoms with Crippen molar-refractivity contribution in [1.29, 1.82) is 0 Å². The van der Waals surface area contributed by atoms with E-state index in [0.29, 0.717) is 17.6 Å². The summed E-state index contributed by atoms with van der Waals surface area (Å²) < 4.78 is 46.1. The lowest BCUT2D eigenvalue weighted by Gasteiger charge is -2.32. The maximum Gasteiger partial charge on any atom is 0.394 e. The van der Waals surface area contributed by atoms with Crippen molar-refractivity contribution < 1.29 is 17.9 Å². The van der Waals surface area contributed by atoms with Gasteiger partial charge >= 0.3 is 6.18 Å². The number of ether oxygens (including phenoxy) is 1. The second-order valence-electron chi connectivity index (χ2n) is 9.06. The minimum Gasteiger partial charge on any atom is -0.477 e. The summed E-state index contributed by atoms with van der Waals surface area (Å²) in [5.74, 6) is 2.47. The van der Waals surface area contributed by atoms with Crippen molar-refractivity contribution in [2.24, 2.45) is 11.3 Å². The predicted octanol–water partition coefficient (Wildman–Crippen LogP) is 5.00. The third-order valence-corrected chi connectivity index (χ3v) is 6.15. The second-order valence-corrected chi connectivity index (χ2v) is 9.06. The lowest BCUT2D eigenvalue weighted by atomic mass is 9.98. The first kappa shape index (κ1) is 20.0. The van der Waals surface area contributed by atoms with Gasteiger partial charge in [-0.1, -0.05) is 13.0 Å². The van der Waals surface area contributed by atoms with Gasteiger partial charge in [0.2, 0.25) is 5.88 Å². The maximum absolute atomic E-state index is 13.0. The molecule has 0 amide bonds. The molecule has 2 aromatic heterocycles. The molecule has 2 aromatic rings. The normalized spacial score (nSPS) is 22.7. The molecule has 0 radical (unpaired) electrons. The van der Waals surface area contributed by atoms with Crippen LogP contribution in [0.5, 0.6) is 5.88 Å². The van der Waals surface area contributed by atoms with Crippen LogP contribution in [0.4, 0.5) is 19.0 Å². The SMILES string of the molecule is C[C@@H]1CN(c2cccc(-n3ccc(OCCC4(C(F)(F)F)CC4)n3)n2)C(C)(C)C1. The highest BCUT2D eigenvalue weighted by molar-refractivity contribution is 5.46. The molecule has 5 nitrogen and oxygen atoms in total. The van der Waals surface area contributed by atoms with Crippen molar-refractivity contribution >= 4 is 5.82 Å². The molecule has 158 valence electrons. The van der Waals surface area contributed by atoms with E-state index >= 15 is 0 Å². The summed E-state index contributed by atoms with van der Waals surface area (Å²) in [6, 6.07) is 7.45. The molecule has 29 heavy (non-hydrogen) atoms. The molecule has 1 saturated carbocycles. The van der Waals surface area contributed by atoms with Gasteiger partial charge in [-0.2, -0.15) is 13.2 Å². The lowest BCUT2D eigenvalue weighted by Crippen LogP contribution is -2.38. The Morgan fingerprint density at radius 2 is 1.90 bits per heavy atom. The fraction of sp³-hybridized carbons (Fsp3) is 0.619. The van der Waals surface area contributed by atoms with Gasteiger partial charge in [-0.25, -0.2) is 9.67 Å². The number of aromatic nitrogens is 3. The summed E-state index contributed by atoms with van der Waals surface area (Å²) in [7, 11) is 0. The van der Waals surface area contributed by atoms with Crippen LogP contribution in [0.25, 0.3) is 5.82 Å². The number of anilines is 1. The number of alkyl halides is 3. The molecule has 0 spiro atoms. The Bertz CT molecular complexity index is 873. The molecule has 1 saturated heterocycles. The number of rotatable bonds is 6. The summed E-state index contributed by atoms with van der Waals surface area (Å²) in [4.78, 5) is 7.07. The van der Waals surface area contributed by atoms with E-state index in [1.54, 1.807) is 16.9 Å². The van der Waals surface area contributed by atoms with Crippen LogP contribution in [0.2, 0.25) is 0 Å². The molecule has 4 rings (SSSR count). The number of nitrogens with zero attached hydrogens (tertiary/aromatic N) is 4. The molecule has 0 bridgehead atoms. The Morgan fingerprint density at radius 1 is 1.17 bits per heavy atom. The maximum atomic E-state index is 13.0. The summed E-state index contributed by atoms with van der Waals surface area (Å²) in [6.07, 6.45) is -0.971. The number of hydrogen-bond donors (Lipinski definition) is 0. The summed E-state index contributed by atoms with van der Waals surface area (Å²) in [5.41, 5.74) is -1.51. The highest BCUT2D eigenvalue weighted by atomic mass is 19.4. The van der Waals surface area contributed by atoms with Crippen molar-refractivity contribution in [3.8, 4) is 11.7 Å². The van der Waals surface area contributed by atoms with E-state index < -0.39 is 11.6 Å². The van der Waals surface area contributed by atoms with Gasteiger partial charge in [0.05, 0.1) is 12.0 Å². The van der Waals surface area contributed by atoms with Gasteiger partial charge < -0.3 is 9.64 Å². The molecule has 0 N–H and O–H groups in total. The van der Waals surface area contributed by atoms with Gasteiger partial charge in [-0.15, -0.1) is 5.10 Å². The van der Waals surface area contributed by atoms with Crippen LogP contribution in [-0.4, -0.2) is 39.6 Å². The Hall–Kier alpha value is -2.25. The first-order chi connectivity index (χ1) is 13.6. The van der Waals surface area contributed by atoms with E-state index in [9.17, 15) is 13.2 Å². The van der Waals surface area contributed by atoms with Gasteiger partial charge in [0, 0.05) is 24.3 Å². The molecule has 3 heterocycles. The average molecular weight is 408 g/mol. The highest BCUT2D eigenvalue weighted by Gasteiger charge is 2.62. The first-order valence-electron chi connectivity index (χ1n) is 10.1. The van der Waals surface area contributed by atoms with E-state index in [0.717, 1.165) is 18.8 Å². The quantitative estimate of drug-likeness (QED) is 0.674. The van der Waals surface area contributed by atoms with Gasteiger partial charge in [-0.05, 0) is 57.6 Å². The fourth-order valence-electron chi connectivity index (χ4n) is 4.37. The molecule has 1 aliphatic heterocycles. The second kappa shape index (κ2) is 6.92. The van der Waals surface area contributed by atoms with Crippen molar-refractivity contribution in [1.82, 2.24) is 14.8 Å². The van der Waals surface area contributed by atoms with Crippen LogP contribution < -0.4 is 9.64 Å². The smallest absolute Gasteiger partial charge is 0.394 e. The van der Waals surface area contributed by atoms with Crippen LogP contribution in [0.15, 0.2) is 30.5 Å². The van der Waals surface area contributed by atoms with Crippen molar-refractivity contribution in [3.63, 3.8) is 0 Å². The molecule has 2 aliphatic rings. The van der Waals surface area contributed by atoms with E-state index in [4.69, 9.17) is 9.72 Å². The molecular formula is C21H27F3N4O. The minimum absolute atomic E-state index is 0.00382. The molecule has 1 atom stereocenters. The van der Waals surface area contributed by atoms with Crippen LogP contribution in [-0.2, 0) is 0 Å². The fourth-order valence-corrected chi connectivity index (χ4v) is 4.37. The number of pyridine rings is 1. The van der Waals surface area contributed by atoms with E-state index in [2.05, 4.69) is 30.8 Å². The molecule has 8 heteroatoms. The molecule has 0 aromatic carbocycles. The summed E-state index contributed by atoms with van der Waals surface area (Å²) in [5, 5.41) is 4.33. The topological polar surface area (TPSA) is 43.2 Å². The largest absolute Gasteiger partial charge is 0.477 e. The van der Waals surface area contributed by atoms with Crippen LogP contribution >= 0.6 is 0 Å². The van der Waals surface area contributed by atoms with E-state index in [1.807, 2.05) is 18.2 Å². The van der Waals surface area contributed by atoms with Crippen LogP contribution in [0, 0.1) is 11.3 Å². The van der Waals surface area contributed by atoms with Crippen molar-refractivity contribution in [2.75, 3.05) is 18.1 Å². The van der Waals surface area contributed by atoms with Gasteiger partial charge in [0.1, 0.15) is 5.82 Å². The van der Waals surface area contributed by atoms with E-state index in [-0.39, 0.29) is 31.4 Å². The standard InChI is InChI=1S/C21H27F3N4O/c1-15-13-19(2,3)27(14-15)16-5-4-6-17(25-16)28-11-7-18(26-28)29-12-10-20(8-9-20)21(22,23)24/h4-7,11,15H,8-10,12-14H2,1-3H3/t15-/m0/s1. The minimum atomic E-state index is -4.15. The van der Waals surface area contributed by atoms with Gasteiger partial charge in [0.25, 0.3) is 0 Å². The molecule has 1 aliphatic carbocycles. The monoisotopic (exact) mass is 408 g/mol. The third-order valence-electron chi connectivity index (χ3n) is 6.15. The first-order valence-corrected chi connectivity index (χ1v) is 10.1. The van der Waals surface area contributed by atoms with Crippen LogP contribution in [0.3, 0.4) is 0 Å². The zero-order valence-corrected chi connectivity index (χ0v) is 17.0. The molecule has 2 fully saturated rings. The van der Waals surface area contributed by atoms with E-state index in [1.165, 1.54) is 0 Å². The third kappa shape index (κ3) is 3.94. The average Bonchev–Trinajstić information content (AvgIpc) is 3.20. The molecular weight excluding hydrogens is 381 g/mol. The zero-order chi connectivity index (χ0) is 20.9. The summed E-state index contributed by atoms with van der Waals surface area (Å²) in [6.45, 7) is 7.64. The molecule has 0 unspecified atom stereocenters. The van der Waals surface area contributed by atoms with Crippen LogP contribution in [0.1, 0.15) is 46.5 Å². The predicted molar refractivity (Wildman–Crippen MR) is 104 cm³/mol. The Labute approximate surface area is 168 Å². The van der Waals surface area contributed by atoms with Crippen molar-refractivity contribution in [2.45, 2.75) is 58.2 Å². The van der Waals surface area contributed by atoms with Gasteiger partial charge in [-0.3, -0.25) is 0 Å². The zero-order valence-electron chi connectivity index (χ0n) is 17.0. The number of hydrogen-bond acceptors (Lipinski definition) is 4. The lowest BCUT2D eigenvalue weighted by molar-refractivity contribution is -0.190. The Morgan fingerprint density at radius 3 is 2.52 bits per heavy atom. The Kier molecular flexibility index (Phi) is 4.78.